The Morgan fingerprint density at radius 1 is 1.17 bits per heavy atom. The molecule has 0 saturated carbocycles. The van der Waals surface area contributed by atoms with Crippen molar-refractivity contribution >= 4 is 15.9 Å². The normalized spacial score (nSPS) is 10.4. The van der Waals surface area contributed by atoms with E-state index in [1.807, 2.05) is 18.2 Å². The van der Waals surface area contributed by atoms with Gasteiger partial charge in [-0.1, -0.05) is 15.9 Å². The van der Waals surface area contributed by atoms with E-state index in [1.165, 1.54) is 17.0 Å². The number of aromatic nitrogens is 1. The number of benzene rings is 1. The topological polar surface area (TPSA) is 26.2 Å². The lowest BCUT2D eigenvalue weighted by atomic mass is 10.2. The van der Waals surface area contributed by atoms with Crippen LogP contribution >= 0.6 is 15.9 Å². The number of aryl methyl sites for hydroxylation is 2. The molecule has 2 rings (SSSR count). The van der Waals surface area contributed by atoms with E-state index >= 15 is 0 Å². The van der Waals surface area contributed by atoms with Crippen LogP contribution in [0.25, 0.3) is 0 Å². The fraction of sp³-hybridized carbons (Fsp3) is 0.286. The van der Waals surface area contributed by atoms with Crippen LogP contribution in [-0.2, 0) is 6.54 Å². The van der Waals surface area contributed by atoms with Crippen molar-refractivity contribution in [2.45, 2.75) is 20.4 Å². The SMILES string of the molecule is COc1ccc(Br)c(CNn2c(C)ccc2C)c1. The van der Waals surface area contributed by atoms with Crippen molar-refractivity contribution in [1.29, 1.82) is 0 Å². The van der Waals surface area contributed by atoms with Gasteiger partial charge in [0.05, 0.1) is 13.7 Å². The van der Waals surface area contributed by atoms with Gasteiger partial charge in [-0.15, -0.1) is 0 Å². The van der Waals surface area contributed by atoms with Gasteiger partial charge in [0.15, 0.2) is 0 Å². The molecule has 1 N–H and O–H groups in total. The molecule has 0 aliphatic carbocycles. The predicted molar refractivity (Wildman–Crippen MR) is 77.7 cm³/mol. The minimum atomic E-state index is 0.744. The Hall–Kier alpha value is -1.42. The molecule has 0 radical (unpaired) electrons. The van der Waals surface area contributed by atoms with Gasteiger partial charge in [-0.05, 0) is 49.7 Å². The van der Waals surface area contributed by atoms with Crippen LogP contribution in [0.15, 0.2) is 34.8 Å². The second-order valence-electron chi connectivity index (χ2n) is 4.24. The predicted octanol–water partition coefficient (Wildman–Crippen LogP) is 3.62. The second-order valence-corrected chi connectivity index (χ2v) is 5.10. The van der Waals surface area contributed by atoms with Crippen LogP contribution in [0.5, 0.6) is 5.75 Å². The molecule has 18 heavy (non-hydrogen) atoms. The van der Waals surface area contributed by atoms with Gasteiger partial charge < -0.3 is 10.2 Å². The van der Waals surface area contributed by atoms with E-state index in [0.29, 0.717) is 0 Å². The molecule has 0 amide bonds. The van der Waals surface area contributed by atoms with Gasteiger partial charge in [0.2, 0.25) is 0 Å². The maximum absolute atomic E-state index is 5.24. The third-order valence-electron chi connectivity index (χ3n) is 2.95. The van der Waals surface area contributed by atoms with E-state index in [9.17, 15) is 0 Å². The molecule has 2 aromatic rings. The fourth-order valence-electron chi connectivity index (χ4n) is 1.90. The van der Waals surface area contributed by atoms with Crippen molar-refractivity contribution in [3.8, 4) is 5.75 Å². The number of hydrogen-bond acceptors (Lipinski definition) is 2. The molecule has 3 nitrogen and oxygen atoms in total. The molecule has 0 saturated heterocycles. The van der Waals surface area contributed by atoms with Gasteiger partial charge >= 0.3 is 0 Å². The average Bonchev–Trinajstić information content (AvgIpc) is 2.68. The Bertz CT molecular complexity index is 529. The Morgan fingerprint density at radius 2 is 1.83 bits per heavy atom. The number of halogens is 1. The van der Waals surface area contributed by atoms with Crippen LogP contribution in [-0.4, -0.2) is 11.8 Å². The lowest BCUT2D eigenvalue weighted by Crippen LogP contribution is -2.17. The van der Waals surface area contributed by atoms with Gasteiger partial charge in [0, 0.05) is 15.9 Å². The Labute approximate surface area is 116 Å². The number of ether oxygens (including phenoxy) is 1. The van der Waals surface area contributed by atoms with E-state index in [2.05, 4.69) is 52.0 Å². The molecule has 0 aliphatic rings. The fourth-order valence-corrected chi connectivity index (χ4v) is 2.28. The Balaban J connectivity index is 2.15. The average molecular weight is 309 g/mol. The molecular formula is C14H17BrN2O. The summed E-state index contributed by atoms with van der Waals surface area (Å²) < 4.78 is 8.41. The van der Waals surface area contributed by atoms with Crippen molar-refractivity contribution in [2.75, 3.05) is 12.5 Å². The molecule has 4 heteroatoms. The van der Waals surface area contributed by atoms with Crippen LogP contribution in [0.4, 0.5) is 0 Å². The standard InChI is InChI=1S/C14H17BrN2O/c1-10-4-5-11(2)17(10)16-9-12-8-13(18-3)6-7-14(12)15/h4-8,16H,9H2,1-3H3. The third kappa shape index (κ3) is 2.70. The van der Waals surface area contributed by atoms with Gasteiger partial charge in [-0.25, -0.2) is 0 Å². The number of nitrogens with zero attached hydrogens (tertiary/aromatic N) is 1. The zero-order valence-electron chi connectivity index (χ0n) is 10.8. The van der Waals surface area contributed by atoms with Crippen LogP contribution in [0.2, 0.25) is 0 Å². The molecule has 1 aromatic carbocycles. The van der Waals surface area contributed by atoms with Crippen molar-refractivity contribution < 1.29 is 4.74 Å². The highest BCUT2D eigenvalue weighted by Crippen LogP contribution is 2.22. The lowest BCUT2D eigenvalue weighted by Gasteiger charge is -2.14. The lowest BCUT2D eigenvalue weighted by molar-refractivity contribution is 0.414. The largest absolute Gasteiger partial charge is 0.497 e. The van der Waals surface area contributed by atoms with Gasteiger partial charge in [0.1, 0.15) is 5.75 Å². The highest BCUT2D eigenvalue weighted by molar-refractivity contribution is 9.10. The maximum Gasteiger partial charge on any atom is 0.119 e. The summed E-state index contributed by atoms with van der Waals surface area (Å²) in [6.45, 7) is 4.91. The van der Waals surface area contributed by atoms with Gasteiger partial charge in [-0.3, -0.25) is 4.68 Å². The molecule has 1 aromatic heterocycles. The molecule has 96 valence electrons. The van der Waals surface area contributed by atoms with Crippen molar-refractivity contribution in [3.05, 3.63) is 51.8 Å². The Kier molecular flexibility index (Phi) is 3.97. The molecular weight excluding hydrogens is 292 g/mol. The first kappa shape index (κ1) is 13.0. The molecule has 0 atom stereocenters. The summed E-state index contributed by atoms with van der Waals surface area (Å²) in [5.74, 6) is 0.871. The monoisotopic (exact) mass is 308 g/mol. The Morgan fingerprint density at radius 3 is 2.44 bits per heavy atom. The smallest absolute Gasteiger partial charge is 0.119 e. The van der Waals surface area contributed by atoms with Crippen molar-refractivity contribution in [1.82, 2.24) is 4.68 Å². The van der Waals surface area contributed by atoms with Gasteiger partial charge in [0.25, 0.3) is 0 Å². The minimum Gasteiger partial charge on any atom is -0.497 e. The summed E-state index contributed by atoms with van der Waals surface area (Å²) in [6, 6.07) is 10.2. The quantitative estimate of drug-likeness (QED) is 0.933. The first-order valence-electron chi connectivity index (χ1n) is 5.83. The van der Waals surface area contributed by atoms with Gasteiger partial charge in [-0.2, -0.15) is 0 Å². The van der Waals surface area contributed by atoms with Crippen molar-refractivity contribution in [2.24, 2.45) is 0 Å². The molecule has 1 heterocycles. The molecule has 0 unspecified atom stereocenters. The highest BCUT2D eigenvalue weighted by Gasteiger charge is 2.04. The summed E-state index contributed by atoms with van der Waals surface area (Å²) in [5, 5.41) is 0. The second kappa shape index (κ2) is 5.48. The molecule has 0 bridgehead atoms. The number of methoxy groups -OCH3 is 1. The first-order valence-corrected chi connectivity index (χ1v) is 6.62. The van der Waals surface area contributed by atoms with Crippen LogP contribution in [0.3, 0.4) is 0 Å². The van der Waals surface area contributed by atoms with Crippen molar-refractivity contribution in [3.63, 3.8) is 0 Å². The maximum atomic E-state index is 5.24. The summed E-state index contributed by atoms with van der Waals surface area (Å²) in [6.07, 6.45) is 0. The van der Waals surface area contributed by atoms with E-state index in [0.717, 1.165) is 16.8 Å². The van der Waals surface area contributed by atoms with E-state index in [4.69, 9.17) is 4.74 Å². The first-order chi connectivity index (χ1) is 8.61. The third-order valence-corrected chi connectivity index (χ3v) is 3.73. The summed E-state index contributed by atoms with van der Waals surface area (Å²) >= 11 is 3.56. The van der Waals surface area contributed by atoms with E-state index in [1.54, 1.807) is 7.11 Å². The van der Waals surface area contributed by atoms with E-state index < -0.39 is 0 Å². The zero-order valence-corrected chi connectivity index (χ0v) is 12.4. The van der Waals surface area contributed by atoms with Crippen LogP contribution < -0.4 is 10.2 Å². The number of rotatable bonds is 4. The number of nitrogens with one attached hydrogen (secondary N) is 1. The molecule has 0 spiro atoms. The van der Waals surface area contributed by atoms with Crippen LogP contribution in [0.1, 0.15) is 17.0 Å². The minimum absolute atomic E-state index is 0.744. The summed E-state index contributed by atoms with van der Waals surface area (Å²) in [4.78, 5) is 0. The zero-order chi connectivity index (χ0) is 13.1. The molecule has 0 fully saturated rings. The summed E-state index contributed by atoms with van der Waals surface area (Å²) in [7, 11) is 1.68. The molecule has 0 aliphatic heterocycles. The van der Waals surface area contributed by atoms with E-state index in [-0.39, 0.29) is 0 Å². The van der Waals surface area contributed by atoms with Crippen LogP contribution in [0, 0.1) is 13.8 Å². The highest BCUT2D eigenvalue weighted by atomic mass is 79.9. The summed E-state index contributed by atoms with van der Waals surface area (Å²) in [5.41, 5.74) is 6.97. The number of hydrogen-bond donors (Lipinski definition) is 1.